The van der Waals surface area contributed by atoms with Gasteiger partial charge in [0.15, 0.2) is 0 Å². The Bertz CT molecular complexity index is 1070. The van der Waals surface area contributed by atoms with Gasteiger partial charge in [-0.3, -0.25) is 9.10 Å². The van der Waals surface area contributed by atoms with Crippen molar-refractivity contribution in [2.45, 2.75) is 52.0 Å². The average molecular weight is 465 g/mol. The van der Waals surface area contributed by atoms with E-state index >= 15 is 0 Å². The zero-order valence-electron chi connectivity index (χ0n) is 18.2. The highest BCUT2D eigenvalue weighted by Gasteiger charge is 2.34. The predicted octanol–water partition coefficient (Wildman–Crippen LogP) is 3.91. The van der Waals surface area contributed by atoms with Gasteiger partial charge in [0.1, 0.15) is 11.0 Å². The molecule has 0 fully saturated rings. The van der Waals surface area contributed by atoms with Gasteiger partial charge in [-0.1, -0.05) is 24.6 Å². The first kappa shape index (κ1) is 23.3. The number of sulfonamides is 1. The number of rotatable bonds is 7. The molecule has 31 heavy (non-hydrogen) atoms. The van der Waals surface area contributed by atoms with Crippen LogP contribution in [0.15, 0.2) is 24.3 Å². The number of methoxy groups -OCH3 is 1. The van der Waals surface area contributed by atoms with Crippen molar-refractivity contribution < 1.29 is 22.7 Å². The summed E-state index contributed by atoms with van der Waals surface area (Å²) in [5.41, 5.74) is 2.74. The minimum absolute atomic E-state index is 0.269. The molecule has 0 saturated carbocycles. The van der Waals surface area contributed by atoms with Crippen LogP contribution in [0.5, 0.6) is 0 Å². The number of amides is 1. The number of aryl methyl sites for hydroxylation is 2. The number of hydrogen-bond acceptors (Lipinski definition) is 6. The maximum Gasteiger partial charge on any atom is 0.341 e. The molecule has 1 aliphatic carbocycles. The van der Waals surface area contributed by atoms with Crippen LogP contribution in [0.2, 0.25) is 0 Å². The van der Waals surface area contributed by atoms with Crippen molar-refractivity contribution in [3.05, 3.63) is 45.8 Å². The number of carbonyl (C=O) groups is 2. The zero-order chi connectivity index (χ0) is 22.8. The van der Waals surface area contributed by atoms with Gasteiger partial charge in [-0.15, -0.1) is 11.3 Å². The largest absolute Gasteiger partial charge is 0.465 e. The SMILES string of the molecule is CC[C@H](C(=O)Nc1sc2c(c1C(=O)OC)CCCC2)N(c1ccc(C)cc1)S(C)(=O)=O. The number of anilines is 2. The minimum atomic E-state index is -3.73. The monoisotopic (exact) mass is 464 g/mol. The Labute approximate surface area is 187 Å². The van der Waals surface area contributed by atoms with Crippen molar-refractivity contribution in [2.24, 2.45) is 0 Å². The second-order valence-corrected chi connectivity index (χ2v) is 10.7. The molecule has 0 radical (unpaired) electrons. The van der Waals surface area contributed by atoms with E-state index in [9.17, 15) is 18.0 Å². The summed E-state index contributed by atoms with van der Waals surface area (Å²) < 4.78 is 31.4. The second-order valence-electron chi connectivity index (χ2n) is 7.71. The van der Waals surface area contributed by atoms with Crippen LogP contribution < -0.4 is 9.62 Å². The summed E-state index contributed by atoms with van der Waals surface area (Å²) >= 11 is 1.38. The molecule has 0 bridgehead atoms. The van der Waals surface area contributed by atoms with Crippen molar-refractivity contribution in [2.75, 3.05) is 23.0 Å². The molecule has 1 atom stereocenters. The summed E-state index contributed by atoms with van der Waals surface area (Å²) in [7, 11) is -2.41. The first-order valence-electron chi connectivity index (χ1n) is 10.3. The maximum atomic E-state index is 13.3. The quantitative estimate of drug-likeness (QED) is 0.627. The van der Waals surface area contributed by atoms with Crippen LogP contribution in [0, 0.1) is 6.92 Å². The van der Waals surface area contributed by atoms with Crippen LogP contribution in [0.1, 0.15) is 52.5 Å². The Morgan fingerprint density at radius 1 is 1.19 bits per heavy atom. The van der Waals surface area contributed by atoms with Gasteiger partial charge in [-0.2, -0.15) is 0 Å². The Kier molecular flexibility index (Phi) is 7.06. The summed E-state index contributed by atoms with van der Waals surface area (Å²) in [4.78, 5) is 26.8. The Morgan fingerprint density at radius 3 is 2.42 bits per heavy atom. The smallest absolute Gasteiger partial charge is 0.341 e. The number of benzene rings is 1. The fraction of sp³-hybridized carbons (Fsp3) is 0.455. The van der Waals surface area contributed by atoms with Gasteiger partial charge in [0.25, 0.3) is 0 Å². The number of fused-ring (bicyclic) bond motifs is 1. The third-order valence-electron chi connectivity index (χ3n) is 5.42. The van der Waals surface area contributed by atoms with Crippen molar-refractivity contribution in [1.29, 1.82) is 0 Å². The summed E-state index contributed by atoms with van der Waals surface area (Å²) in [6.45, 7) is 3.67. The Hall–Kier alpha value is -2.39. The number of ether oxygens (including phenoxy) is 1. The fourth-order valence-electron chi connectivity index (χ4n) is 3.92. The first-order chi connectivity index (χ1) is 14.7. The van der Waals surface area contributed by atoms with Gasteiger partial charge in [0.05, 0.1) is 24.6 Å². The second kappa shape index (κ2) is 9.40. The molecule has 0 unspecified atom stereocenters. The Balaban J connectivity index is 1.98. The molecule has 1 aromatic carbocycles. The van der Waals surface area contributed by atoms with Gasteiger partial charge >= 0.3 is 5.97 Å². The van der Waals surface area contributed by atoms with E-state index in [2.05, 4.69) is 5.32 Å². The molecule has 1 amide bonds. The lowest BCUT2D eigenvalue weighted by molar-refractivity contribution is -0.117. The van der Waals surface area contributed by atoms with Crippen molar-refractivity contribution in [3.63, 3.8) is 0 Å². The minimum Gasteiger partial charge on any atom is -0.465 e. The number of carbonyl (C=O) groups excluding carboxylic acids is 2. The molecular formula is C22H28N2O5S2. The Morgan fingerprint density at radius 2 is 1.84 bits per heavy atom. The predicted molar refractivity (Wildman–Crippen MR) is 124 cm³/mol. The third kappa shape index (κ3) is 4.93. The van der Waals surface area contributed by atoms with Gasteiger partial charge in [0.2, 0.25) is 15.9 Å². The van der Waals surface area contributed by atoms with Crippen LogP contribution in [0.25, 0.3) is 0 Å². The molecule has 0 spiro atoms. The summed E-state index contributed by atoms with van der Waals surface area (Å²) in [6, 6.07) is 6.04. The van der Waals surface area contributed by atoms with Gasteiger partial charge in [0, 0.05) is 4.88 Å². The lowest BCUT2D eigenvalue weighted by atomic mass is 9.95. The maximum absolute atomic E-state index is 13.3. The number of hydrogen-bond donors (Lipinski definition) is 1. The molecule has 3 rings (SSSR count). The van der Waals surface area contributed by atoms with E-state index < -0.39 is 27.9 Å². The summed E-state index contributed by atoms with van der Waals surface area (Å²) in [5, 5.41) is 3.27. The van der Waals surface area contributed by atoms with Crippen LogP contribution in [0.4, 0.5) is 10.7 Å². The molecule has 168 valence electrons. The topological polar surface area (TPSA) is 92.8 Å². The van der Waals surface area contributed by atoms with Gasteiger partial charge < -0.3 is 10.1 Å². The van der Waals surface area contributed by atoms with Crippen molar-refractivity contribution in [3.8, 4) is 0 Å². The average Bonchev–Trinajstić information content (AvgIpc) is 3.09. The highest BCUT2D eigenvalue weighted by Crippen LogP contribution is 2.39. The molecule has 9 heteroatoms. The first-order valence-corrected chi connectivity index (χ1v) is 12.9. The van der Waals surface area contributed by atoms with Crippen LogP contribution in [0.3, 0.4) is 0 Å². The molecule has 0 saturated heterocycles. The van der Waals surface area contributed by atoms with E-state index in [1.807, 2.05) is 6.92 Å². The summed E-state index contributed by atoms with van der Waals surface area (Å²) in [6.07, 6.45) is 5.00. The number of nitrogens with one attached hydrogen (secondary N) is 1. The molecule has 1 aliphatic rings. The van der Waals surface area contributed by atoms with Gasteiger partial charge in [-0.05, 0) is 56.7 Å². The van der Waals surface area contributed by atoms with E-state index in [4.69, 9.17) is 4.74 Å². The number of thiophene rings is 1. The third-order valence-corrected chi connectivity index (χ3v) is 7.80. The summed E-state index contributed by atoms with van der Waals surface area (Å²) in [5.74, 6) is -0.960. The van der Waals surface area contributed by atoms with Crippen LogP contribution in [-0.2, 0) is 32.4 Å². The van der Waals surface area contributed by atoms with Gasteiger partial charge in [-0.25, -0.2) is 13.2 Å². The molecule has 1 N–H and O–H groups in total. The van der Waals surface area contributed by atoms with E-state index in [1.165, 1.54) is 18.4 Å². The molecule has 2 aromatic rings. The normalized spacial score (nSPS) is 14.5. The lowest BCUT2D eigenvalue weighted by Gasteiger charge is -2.30. The molecule has 1 aromatic heterocycles. The fourth-order valence-corrected chi connectivity index (χ4v) is 6.41. The van der Waals surface area contributed by atoms with E-state index in [-0.39, 0.29) is 6.42 Å². The van der Waals surface area contributed by atoms with E-state index in [0.29, 0.717) is 16.3 Å². The van der Waals surface area contributed by atoms with E-state index in [1.54, 1.807) is 31.2 Å². The lowest BCUT2D eigenvalue weighted by Crippen LogP contribution is -2.47. The van der Waals surface area contributed by atoms with Crippen LogP contribution >= 0.6 is 11.3 Å². The molecule has 7 nitrogen and oxygen atoms in total. The van der Waals surface area contributed by atoms with E-state index in [0.717, 1.165) is 52.2 Å². The number of esters is 1. The molecule has 1 heterocycles. The number of nitrogens with zero attached hydrogens (tertiary/aromatic N) is 1. The van der Waals surface area contributed by atoms with Crippen molar-refractivity contribution in [1.82, 2.24) is 0 Å². The molecular weight excluding hydrogens is 436 g/mol. The molecule has 0 aliphatic heterocycles. The standard InChI is InChI=1S/C22H28N2O5S2/c1-5-17(24(31(4,27)28)15-12-10-14(2)11-13-15)20(25)23-21-19(22(26)29-3)16-8-6-7-9-18(16)30-21/h10-13,17H,5-9H2,1-4H3,(H,23,25)/t17-/m1/s1. The van der Waals surface area contributed by atoms with Crippen LogP contribution in [-0.4, -0.2) is 39.7 Å². The highest BCUT2D eigenvalue weighted by atomic mass is 32.2. The zero-order valence-corrected chi connectivity index (χ0v) is 19.9. The van der Waals surface area contributed by atoms with Crippen molar-refractivity contribution >= 4 is 43.9 Å². The highest BCUT2D eigenvalue weighted by molar-refractivity contribution is 7.92.